The first kappa shape index (κ1) is 24.8. The van der Waals surface area contributed by atoms with Gasteiger partial charge in [0.05, 0.1) is 35.9 Å². The largest absolute Gasteiger partial charge is 0.460 e. The Hall–Kier alpha value is -4.26. The summed E-state index contributed by atoms with van der Waals surface area (Å²) in [6.07, 6.45) is 5.32. The fourth-order valence-electron chi connectivity index (χ4n) is 5.94. The van der Waals surface area contributed by atoms with Crippen LogP contribution in [0.25, 0.3) is 22.0 Å². The number of nitrogens with one attached hydrogen (secondary N) is 2. The molecule has 6 aromatic rings. The van der Waals surface area contributed by atoms with Crippen LogP contribution in [-0.2, 0) is 32.6 Å². The summed E-state index contributed by atoms with van der Waals surface area (Å²) in [5.74, 6) is 1.95. The number of aromatic amines is 1. The Morgan fingerprint density at radius 3 is 2.62 bits per heavy atom. The molecule has 0 spiro atoms. The van der Waals surface area contributed by atoms with Gasteiger partial charge in [-0.2, -0.15) is 0 Å². The number of hydrogen-bond donors (Lipinski definition) is 2. The van der Waals surface area contributed by atoms with Crippen LogP contribution in [0.1, 0.15) is 52.9 Å². The Morgan fingerprint density at radius 1 is 0.875 bits per heavy atom. The fourth-order valence-corrected chi connectivity index (χ4v) is 5.94. The smallest absolute Gasteiger partial charge is 0.134 e. The summed E-state index contributed by atoms with van der Waals surface area (Å²) in [5, 5.41) is 4.67. The van der Waals surface area contributed by atoms with E-state index in [2.05, 4.69) is 81.9 Å². The topological polar surface area (TPSA) is 70.0 Å². The summed E-state index contributed by atoms with van der Waals surface area (Å²) in [7, 11) is 0. The number of aryl methyl sites for hydroxylation is 1. The van der Waals surface area contributed by atoms with Crippen molar-refractivity contribution in [3.8, 4) is 0 Å². The lowest BCUT2D eigenvalue weighted by Gasteiger charge is -2.34. The zero-order valence-electron chi connectivity index (χ0n) is 22.5. The molecular weight excluding hydrogens is 494 g/mol. The normalized spacial score (nSPS) is 15.2. The van der Waals surface area contributed by atoms with E-state index in [1.165, 1.54) is 28.8 Å². The molecule has 0 fully saturated rings. The summed E-state index contributed by atoms with van der Waals surface area (Å²) in [6, 6.07) is 32.0. The van der Waals surface area contributed by atoms with Crippen LogP contribution < -0.4 is 5.32 Å². The molecule has 3 heterocycles. The van der Waals surface area contributed by atoms with Gasteiger partial charge in [0, 0.05) is 24.7 Å². The highest BCUT2D eigenvalue weighted by atomic mass is 16.3. The molecule has 1 unspecified atom stereocenters. The number of fused-ring (bicyclic) bond motifs is 3. The van der Waals surface area contributed by atoms with E-state index in [9.17, 15) is 0 Å². The zero-order chi connectivity index (χ0) is 26.7. The SMILES string of the molecule is c1cnc2c(c1)CCCC2N(Cc1ccc(CNCc2cc3ccccc3o2)cc1)Cc1nc2ccccc2[nH]1. The Labute approximate surface area is 234 Å². The molecule has 0 amide bonds. The van der Waals surface area contributed by atoms with Gasteiger partial charge in [-0.3, -0.25) is 9.88 Å². The number of para-hydroxylation sites is 3. The molecule has 6 heteroatoms. The molecule has 1 aliphatic carbocycles. The van der Waals surface area contributed by atoms with E-state index in [0.717, 1.165) is 66.1 Å². The van der Waals surface area contributed by atoms with Crippen LogP contribution in [0.5, 0.6) is 0 Å². The number of pyridine rings is 1. The molecule has 3 aromatic carbocycles. The maximum absolute atomic E-state index is 5.94. The lowest BCUT2D eigenvalue weighted by Crippen LogP contribution is -2.31. The number of furan rings is 1. The van der Waals surface area contributed by atoms with E-state index in [-0.39, 0.29) is 6.04 Å². The number of aromatic nitrogens is 3. The van der Waals surface area contributed by atoms with Crippen LogP contribution in [0.4, 0.5) is 0 Å². The number of hydrogen-bond acceptors (Lipinski definition) is 5. The summed E-state index contributed by atoms with van der Waals surface area (Å²) in [6.45, 7) is 3.08. The summed E-state index contributed by atoms with van der Waals surface area (Å²) in [5.41, 5.74) is 8.17. The first-order valence-electron chi connectivity index (χ1n) is 14.2. The number of imidazole rings is 1. The minimum absolute atomic E-state index is 0.267. The van der Waals surface area contributed by atoms with Crippen LogP contribution in [0, 0.1) is 0 Å². The highest BCUT2D eigenvalue weighted by Crippen LogP contribution is 2.34. The Bertz CT molecular complexity index is 1670. The predicted octanol–water partition coefficient (Wildman–Crippen LogP) is 7.07. The third-order valence-electron chi connectivity index (χ3n) is 7.91. The van der Waals surface area contributed by atoms with Gasteiger partial charge in [0.1, 0.15) is 17.2 Å². The van der Waals surface area contributed by atoms with Gasteiger partial charge in [-0.05, 0) is 66.3 Å². The molecule has 0 bridgehead atoms. The standard InChI is InChI=1S/C34H33N5O/c1-4-13-32-27(7-1)19-28(40-32)21-35-20-24-14-16-25(17-15-24)22-39(23-33-37-29-10-2-3-11-30(29)38-33)31-12-5-8-26-9-6-18-36-34(26)31/h1-4,6-7,9-11,13-19,31,35H,5,8,12,20-23H2,(H,37,38). The quantitative estimate of drug-likeness (QED) is 0.210. The van der Waals surface area contributed by atoms with Crippen LogP contribution >= 0.6 is 0 Å². The van der Waals surface area contributed by atoms with Crippen molar-refractivity contribution in [2.75, 3.05) is 0 Å². The molecule has 7 rings (SSSR count). The molecule has 0 radical (unpaired) electrons. The first-order chi connectivity index (χ1) is 19.8. The third-order valence-corrected chi connectivity index (χ3v) is 7.91. The molecule has 0 aliphatic heterocycles. The summed E-state index contributed by atoms with van der Waals surface area (Å²) < 4.78 is 5.94. The number of nitrogens with zero attached hydrogens (tertiary/aromatic N) is 3. The van der Waals surface area contributed by atoms with Gasteiger partial charge in [-0.25, -0.2) is 4.98 Å². The molecular formula is C34H33N5O. The average Bonchev–Trinajstić information content (AvgIpc) is 3.60. The van der Waals surface area contributed by atoms with E-state index < -0.39 is 0 Å². The van der Waals surface area contributed by atoms with Crippen molar-refractivity contribution in [1.82, 2.24) is 25.2 Å². The highest BCUT2D eigenvalue weighted by molar-refractivity contribution is 5.77. The van der Waals surface area contributed by atoms with E-state index in [1.807, 2.05) is 30.5 Å². The maximum Gasteiger partial charge on any atom is 0.134 e. The van der Waals surface area contributed by atoms with Gasteiger partial charge in [0.2, 0.25) is 0 Å². The van der Waals surface area contributed by atoms with Gasteiger partial charge in [0.25, 0.3) is 0 Å². The molecule has 200 valence electrons. The molecule has 6 nitrogen and oxygen atoms in total. The van der Waals surface area contributed by atoms with Gasteiger partial charge in [0.15, 0.2) is 0 Å². The second-order valence-electron chi connectivity index (χ2n) is 10.7. The van der Waals surface area contributed by atoms with E-state index in [0.29, 0.717) is 6.54 Å². The minimum atomic E-state index is 0.267. The maximum atomic E-state index is 5.94. The van der Waals surface area contributed by atoms with Crippen molar-refractivity contribution >= 4 is 22.0 Å². The van der Waals surface area contributed by atoms with Crippen molar-refractivity contribution in [1.29, 1.82) is 0 Å². The van der Waals surface area contributed by atoms with Crippen LogP contribution in [0.3, 0.4) is 0 Å². The third kappa shape index (κ3) is 5.28. The Balaban J connectivity index is 1.06. The minimum Gasteiger partial charge on any atom is -0.460 e. The lowest BCUT2D eigenvalue weighted by molar-refractivity contribution is 0.153. The fraction of sp³-hybridized carbons (Fsp3) is 0.235. The number of benzene rings is 3. The summed E-state index contributed by atoms with van der Waals surface area (Å²) in [4.78, 5) is 15.8. The van der Waals surface area contributed by atoms with Crippen LogP contribution in [0.15, 0.2) is 102 Å². The van der Waals surface area contributed by atoms with Gasteiger partial charge in [-0.15, -0.1) is 0 Å². The summed E-state index contributed by atoms with van der Waals surface area (Å²) >= 11 is 0. The molecule has 0 saturated carbocycles. The number of H-pyrrole nitrogens is 1. The van der Waals surface area contributed by atoms with Crippen molar-refractivity contribution < 1.29 is 4.42 Å². The van der Waals surface area contributed by atoms with E-state index >= 15 is 0 Å². The van der Waals surface area contributed by atoms with Crippen LogP contribution in [-0.4, -0.2) is 19.9 Å². The second-order valence-corrected chi connectivity index (χ2v) is 10.7. The van der Waals surface area contributed by atoms with E-state index in [1.54, 1.807) is 0 Å². The lowest BCUT2D eigenvalue weighted by atomic mass is 9.90. The second kappa shape index (κ2) is 11.1. The van der Waals surface area contributed by atoms with Gasteiger partial charge < -0.3 is 14.7 Å². The van der Waals surface area contributed by atoms with Crippen molar-refractivity contribution in [2.24, 2.45) is 0 Å². The number of rotatable bonds is 9. The molecule has 2 N–H and O–H groups in total. The van der Waals surface area contributed by atoms with Crippen molar-refractivity contribution in [3.05, 3.63) is 131 Å². The first-order valence-corrected chi connectivity index (χ1v) is 14.2. The van der Waals surface area contributed by atoms with Crippen molar-refractivity contribution in [2.45, 2.75) is 51.5 Å². The van der Waals surface area contributed by atoms with Gasteiger partial charge >= 0.3 is 0 Å². The predicted molar refractivity (Wildman–Crippen MR) is 158 cm³/mol. The molecule has 0 saturated heterocycles. The van der Waals surface area contributed by atoms with Crippen molar-refractivity contribution in [3.63, 3.8) is 0 Å². The van der Waals surface area contributed by atoms with Gasteiger partial charge in [-0.1, -0.05) is 60.7 Å². The molecule has 1 aliphatic rings. The Kier molecular flexibility index (Phi) is 6.86. The molecule has 40 heavy (non-hydrogen) atoms. The van der Waals surface area contributed by atoms with Crippen LogP contribution in [0.2, 0.25) is 0 Å². The highest BCUT2D eigenvalue weighted by Gasteiger charge is 2.28. The van der Waals surface area contributed by atoms with E-state index in [4.69, 9.17) is 14.4 Å². The Morgan fingerprint density at radius 2 is 1.73 bits per heavy atom. The average molecular weight is 528 g/mol. The monoisotopic (exact) mass is 527 g/mol. The zero-order valence-corrected chi connectivity index (χ0v) is 22.5. The molecule has 1 atom stereocenters. The molecule has 3 aromatic heterocycles.